The number of carbonyl (C=O) groups excluding carboxylic acids is 1. The molecule has 0 saturated carbocycles. The monoisotopic (exact) mass is 464 g/mol. The van der Waals surface area contributed by atoms with Gasteiger partial charge in [0.15, 0.2) is 5.82 Å². The fraction of sp³-hybridized carbons (Fsp3) is 0.300. The Bertz CT molecular complexity index is 1160. The lowest BCUT2D eigenvalue weighted by atomic mass is 10.0. The molecule has 0 spiro atoms. The molecule has 3 aromatic rings. The van der Waals surface area contributed by atoms with Crippen LogP contribution in [0.15, 0.2) is 46.7 Å². The molecule has 30 heavy (non-hydrogen) atoms. The number of hydrogen-bond acceptors (Lipinski definition) is 5. The number of carbonyl (C=O) groups is 1. The van der Waals surface area contributed by atoms with E-state index in [0.717, 1.165) is 23.4 Å². The molecular weight excluding hydrogens is 444 g/mol. The van der Waals surface area contributed by atoms with Gasteiger partial charge in [-0.05, 0) is 48.4 Å². The highest BCUT2D eigenvalue weighted by molar-refractivity contribution is 7.89. The first-order chi connectivity index (χ1) is 14.3. The predicted octanol–water partition coefficient (Wildman–Crippen LogP) is 4.46. The van der Waals surface area contributed by atoms with E-state index in [2.05, 4.69) is 15.5 Å². The van der Waals surface area contributed by atoms with Gasteiger partial charge < -0.3 is 5.32 Å². The van der Waals surface area contributed by atoms with Crippen LogP contribution in [0.25, 0.3) is 10.6 Å². The van der Waals surface area contributed by atoms with Crippen LogP contribution in [0.1, 0.15) is 30.1 Å². The Morgan fingerprint density at radius 3 is 2.90 bits per heavy atom. The van der Waals surface area contributed by atoms with Crippen LogP contribution in [0, 0.1) is 5.92 Å². The number of rotatable bonds is 5. The smallest absolute Gasteiger partial charge is 0.256 e. The summed E-state index contributed by atoms with van der Waals surface area (Å²) in [7, 11) is -3.78. The molecule has 1 aliphatic rings. The minimum atomic E-state index is -3.78. The number of aromatic nitrogens is 2. The molecule has 1 saturated heterocycles. The standard InChI is InChI=1S/C20H21ClN4O3S2/c1-13-4-2-8-25(12-13)30(27,28)18-10-14(6-7-15(18)21)20(26)22-19-11-16(23-24-19)17-5-3-9-29-17/h3,5-7,9-11,13H,2,4,8,12H2,1H3,(H2,22,23,24,26). The van der Waals surface area contributed by atoms with Crippen LogP contribution in [-0.4, -0.2) is 41.9 Å². The molecule has 0 bridgehead atoms. The second kappa shape index (κ2) is 8.50. The summed E-state index contributed by atoms with van der Waals surface area (Å²) >= 11 is 7.76. The fourth-order valence-corrected chi connectivity index (χ4v) is 6.27. The summed E-state index contributed by atoms with van der Waals surface area (Å²) in [6, 6.07) is 9.88. The largest absolute Gasteiger partial charge is 0.305 e. The van der Waals surface area contributed by atoms with Gasteiger partial charge in [0.25, 0.3) is 5.91 Å². The third-order valence-corrected chi connectivity index (χ3v) is 8.29. The van der Waals surface area contributed by atoms with Gasteiger partial charge in [-0.15, -0.1) is 11.3 Å². The van der Waals surface area contributed by atoms with E-state index < -0.39 is 15.9 Å². The van der Waals surface area contributed by atoms with Gasteiger partial charge in [0, 0.05) is 24.7 Å². The maximum Gasteiger partial charge on any atom is 0.256 e. The number of hydrogen-bond donors (Lipinski definition) is 2. The van der Waals surface area contributed by atoms with Crippen LogP contribution in [0.4, 0.5) is 5.82 Å². The zero-order valence-corrected chi connectivity index (χ0v) is 18.6. The van der Waals surface area contributed by atoms with Crippen molar-refractivity contribution in [3.05, 3.63) is 52.4 Å². The molecule has 1 aromatic carbocycles. The molecule has 2 N–H and O–H groups in total. The fourth-order valence-electron chi connectivity index (χ4n) is 3.48. The molecule has 3 heterocycles. The second-order valence-corrected chi connectivity index (χ2v) is 10.6. The van der Waals surface area contributed by atoms with Gasteiger partial charge in [-0.3, -0.25) is 9.89 Å². The Kier molecular flexibility index (Phi) is 5.97. The molecule has 10 heteroatoms. The molecule has 1 unspecified atom stereocenters. The van der Waals surface area contributed by atoms with E-state index in [4.69, 9.17) is 11.6 Å². The molecule has 7 nitrogen and oxygen atoms in total. The molecule has 4 rings (SSSR count). The third-order valence-electron chi connectivity index (χ3n) is 5.04. The molecule has 158 valence electrons. The van der Waals surface area contributed by atoms with Crippen molar-refractivity contribution >= 4 is 44.7 Å². The average Bonchev–Trinajstić information content (AvgIpc) is 3.40. The number of H-pyrrole nitrogens is 1. The number of nitrogens with one attached hydrogen (secondary N) is 2. The van der Waals surface area contributed by atoms with Crippen LogP contribution in [0.5, 0.6) is 0 Å². The molecule has 0 radical (unpaired) electrons. The second-order valence-electron chi connectivity index (χ2n) is 7.35. The third kappa shape index (κ3) is 4.29. The molecule has 0 aliphatic carbocycles. The van der Waals surface area contributed by atoms with Gasteiger partial charge in [-0.25, -0.2) is 8.42 Å². The number of piperidine rings is 1. The Morgan fingerprint density at radius 1 is 1.33 bits per heavy atom. The van der Waals surface area contributed by atoms with Crippen LogP contribution in [0.2, 0.25) is 5.02 Å². The average molecular weight is 465 g/mol. The van der Waals surface area contributed by atoms with Crippen molar-refractivity contribution in [1.29, 1.82) is 0 Å². The van der Waals surface area contributed by atoms with Crippen LogP contribution >= 0.6 is 22.9 Å². The normalized spacial score (nSPS) is 17.7. The summed E-state index contributed by atoms with van der Waals surface area (Å²) in [4.78, 5) is 13.7. The van der Waals surface area contributed by atoms with Gasteiger partial charge in [-0.2, -0.15) is 9.40 Å². The number of nitrogens with zero attached hydrogens (tertiary/aromatic N) is 2. The molecule has 1 atom stereocenters. The maximum atomic E-state index is 13.1. The summed E-state index contributed by atoms with van der Waals surface area (Å²) in [5.41, 5.74) is 0.989. The lowest BCUT2D eigenvalue weighted by Crippen LogP contribution is -2.39. The van der Waals surface area contributed by atoms with E-state index in [1.807, 2.05) is 24.4 Å². The topological polar surface area (TPSA) is 95.2 Å². The van der Waals surface area contributed by atoms with Crippen LogP contribution in [0.3, 0.4) is 0 Å². The van der Waals surface area contributed by atoms with Crippen molar-refractivity contribution in [2.75, 3.05) is 18.4 Å². The Hall–Kier alpha value is -2.20. The minimum absolute atomic E-state index is 0.0489. The van der Waals surface area contributed by atoms with Gasteiger partial charge in [-0.1, -0.05) is 24.6 Å². The quantitative estimate of drug-likeness (QED) is 0.582. The number of halogens is 1. The van der Waals surface area contributed by atoms with E-state index in [-0.39, 0.29) is 21.4 Å². The highest BCUT2D eigenvalue weighted by Gasteiger charge is 2.31. The van der Waals surface area contributed by atoms with Gasteiger partial charge >= 0.3 is 0 Å². The molecule has 1 fully saturated rings. The highest BCUT2D eigenvalue weighted by atomic mass is 35.5. The number of aromatic amines is 1. The number of amides is 1. The molecule has 2 aromatic heterocycles. The maximum absolute atomic E-state index is 13.1. The first-order valence-electron chi connectivity index (χ1n) is 9.55. The summed E-state index contributed by atoms with van der Waals surface area (Å²) in [5.74, 6) is 0.183. The number of benzene rings is 1. The van der Waals surface area contributed by atoms with E-state index in [9.17, 15) is 13.2 Å². The first-order valence-corrected chi connectivity index (χ1v) is 12.2. The molecule has 1 amide bonds. The van der Waals surface area contributed by atoms with Crippen molar-refractivity contribution < 1.29 is 13.2 Å². The number of thiophene rings is 1. The SMILES string of the molecule is CC1CCCN(S(=O)(=O)c2cc(C(=O)Nc3cc(-c4cccs4)[nH]n3)ccc2Cl)C1. The van der Waals surface area contributed by atoms with Crippen molar-refractivity contribution in [2.24, 2.45) is 5.92 Å². The Labute approximate surface area is 184 Å². The molecule has 1 aliphatic heterocycles. The van der Waals surface area contributed by atoms with Crippen molar-refractivity contribution in [3.8, 4) is 10.6 Å². The molecular formula is C20H21ClN4O3S2. The Balaban J connectivity index is 1.56. The van der Waals surface area contributed by atoms with Gasteiger partial charge in [0.1, 0.15) is 4.90 Å². The predicted molar refractivity (Wildman–Crippen MR) is 118 cm³/mol. The summed E-state index contributed by atoms with van der Waals surface area (Å²) in [6.07, 6.45) is 1.81. The van der Waals surface area contributed by atoms with E-state index in [0.29, 0.717) is 18.9 Å². The van der Waals surface area contributed by atoms with Gasteiger partial charge in [0.2, 0.25) is 10.0 Å². The van der Waals surface area contributed by atoms with Crippen molar-refractivity contribution in [2.45, 2.75) is 24.7 Å². The Morgan fingerprint density at radius 2 is 2.17 bits per heavy atom. The first kappa shape index (κ1) is 21.0. The van der Waals surface area contributed by atoms with Crippen LogP contribution in [-0.2, 0) is 10.0 Å². The lowest BCUT2D eigenvalue weighted by molar-refractivity contribution is 0.102. The minimum Gasteiger partial charge on any atom is -0.305 e. The zero-order chi connectivity index (χ0) is 21.3. The number of sulfonamides is 1. The van der Waals surface area contributed by atoms with E-state index in [1.54, 1.807) is 17.4 Å². The van der Waals surface area contributed by atoms with Crippen molar-refractivity contribution in [1.82, 2.24) is 14.5 Å². The summed E-state index contributed by atoms with van der Waals surface area (Å²) in [5, 5.41) is 11.7. The summed E-state index contributed by atoms with van der Waals surface area (Å²) < 4.78 is 27.7. The number of anilines is 1. The van der Waals surface area contributed by atoms with E-state index >= 15 is 0 Å². The zero-order valence-electron chi connectivity index (χ0n) is 16.3. The highest BCUT2D eigenvalue weighted by Crippen LogP contribution is 2.30. The van der Waals surface area contributed by atoms with E-state index in [1.165, 1.54) is 22.5 Å². The van der Waals surface area contributed by atoms with Gasteiger partial charge in [0.05, 0.1) is 15.6 Å². The summed E-state index contributed by atoms with van der Waals surface area (Å²) in [6.45, 7) is 2.94. The van der Waals surface area contributed by atoms with Crippen molar-refractivity contribution in [3.63, 3.8) is 0 Å². The lowest BCUT2D eigenvalue weighted by Gasteiger charge is -2.30. The van der Waals surface area contributed by atoms with Crippen LogP contribution < -0.4 is 5.32 Å².